The van der Waals surface area contributed by atoms with Gasteiger partial charge in [0.2, 0.25) is 6.29 Å². The van der Waals surface area contributed by atoms with Crippen molar-refractivity contribution in [3.8, 4) is 0 Å². The zero-order valence-corrected chi connectivity index (χ0v) is 16.4. The van der Waals surface area contributed by atoms with Crippen LogP contribution in [0.25, 0.3) is 0 Å². The van der Waals surface area contributed by atoms with Crippen LogP contribution in [0.4, 0.5) is 0 Å². The van der Waals surface area contributed by atoms with Gasteiger partial charge in [-0.3, -0.25) is 0 Å². The molecule has 0 aromatic carbocycles. The zero-order chi connectivity index (χ0) is 21.3. The highest BCUT2D eigenvalue weighted by atomic mass is 16.8. The van der Waals surface area contributed by atoms with Crippen LogP contribution < -0.4 is 0 Å². The molecule has 0 aromatic rings. The molecule has 10 atom stereocenters. The summed E-state index contributed by atoms with van der Waals surface area (Å²) in [7, 11) is 2.77. The quantitative estimate of drug-likeness (QED) is 0.374. The van der Waals surface area contributed by atoms with Gasteiger partial charge in [-0.15, -0.1) is 0 Å². The molecule has 3 aliphatic heterocycles. The van der Waals surface area contributed by atoms with Crippen molar-refractivity contribution in [2.75, 3.05) is 20.8 Å². The Kier molecular flexibility index (Phi) is 7.12. The fourth-order valence-electron chi connectivity index (χ4n) is 4.04. The van der Waals surface area contributed by atoms with Crippen molar-refractivity contribution in [3.05, 3.63) is 11.8 Å². The Labute approximate surface area is 167 Å². The summed E-state index contributed by atoms with van der Waals surface area (Å²) in [6, 6.07) is 0. The van der Waals surface area contributed by atoms with Crippen LogP contribution in [-0.2, 0) is 33.2 Å². The van der Waals surface area contributed by atoms with E-state index in [-0.39, 0.29) is 5.92 Å². The average Bonchev–Trinajstić information content (AvgIpc) is 2.73. The summed E-state index contributed by atoms with van der Waals surface area (Å²) < 4.78 is 32.7. The lowest BCUT2D eigenvalue weighted by Crippen LogP contribution is -2.61. The van der Waals surface area contributed by atoms with Crippen LogP contribution in [0.1, 0.15) is 13.3 Å². The molecule has 3 aliphatic rings. The molecule has 166 valence electrons. The molecule has 2 fully saturated rings. The summed E-state index contributed by atoms with van der Waals surface area (Å²) in [5.41, 5.74) is 0.309. The second-order valence-electron chi connectivity index (χ2n) is 7.33. The van der Waals surface area contributed by atoms with Gasteiger partial charge >= 0.3 is 5.97 Å². The number of carbonyl (C=O) groups is 1. The van der Waals surface area contributed by atoms with Crippen molar-refractivity contribution in [1.82, 2.24) is 0 Å². The van der Waals surface area contributed by atoms with Crippen molar-refractivity contribution < 1.29 is 53.6 Å². The van der Waals surface area contributed by atoms with E-state index >= 15 is 0 Å². The molecule has 0 aromatic heterocycles. The number of carbonyl (C=O) groups excluding carboxylic acids is 1. The smallest absolute Gasteiger partial charge is 0.337 e. The maximum atomic E-state index is 12.2. The molecular formula is C18H28O11. The highest BCUT2D eigenvalue weighted by Crippen LogP contribution is 2.43. The van der Waals surface area contributed by atoms with Gasteiger partial charge in [0.05, 0.1) is 37.6 Å². The van der Waals surface area contributed by atoms with Crippen LogP contribution in [-0.4, -0.2) is 96.6 Å². The SMILES string of the molecule is COC(=O)C1=COC(O[C@@H]2O[C@H](CO)[C@@H](O)[C@H](O)[C@H]2O)C2C(C)OC(OC)CC12. The third-order valence-electron chi connectivity index (χ3n) is 5.66. The van der Waals surface area contributed by atoms with Gasteiger partial charge < -0.3 is 48.8 Å². The van der Waals surface area contributed by atoms with E-state index in [9.17, 15) is 25.2 Å². The fraction of sp³-hybridized carbons (Fsp3) is 0.833. The molecule has 29 heavy (non-hydrogen) atoms. The van der Waals surface area contributed by atoms with Crippen molar-refractivity contribution in [2.24, 2.45) is 11.8 Å². The van der Waals surface area contributed by atoms with Crippen LogP contribution >= 0.6 is 0 Å². The van der Waals surface area contributed by atoms with Crippen LogP contribution in [0, 0.1) is 11.8 Å². The number of aliphatic hydroxyl groups is 4. The Balaban J connectivity index is 1.82. The van der Waals surface area contributed by atoms with Gasteiger partial charge in [-0.05, 0) is 6.92 Å². The molecule has 4 N–H and O–H groups in total. The predicted octanol–water partition coefficient (Wildman–Crippen LogP) is -1.77. The van der Waals surface area contributed by atoms with Gasteiger partial charge in [0.15, 0.2) is 12.6 Å². The summed E-state index contributed by atoms with van der Waals surface area (Å²) in [4.78, 5) is 12.2. The first kappa shape index (κ1) is 22.4. The first-order valence-electron chi connectivity index (χ1n) is 9.40. The van der Waals surface area contributed by atoms with E-state index < -0.39 is 67.9 Å². The molecule has 3 rings (SSSR count). The van der Waals surface area contributed by atoms with Gasteiger partial charge in [0.25, 0.3) is 0 Å². The lowest BCUT2D eigenvalue weighted by Gasteiger charge is -2.47. The number of hydrogen-bond donors (Lipinski definition) is 4. The lowest BCUT2D eigenvalue weighted by atomic mass is 9.77. The van der Waals surface area contributed by atoms with E-state index in [1.807, 2.05) is 0 Å². The largest absolute Gasteiger partial charge is 0.471 e. The predicted molar refractivity (Wildman–Crippen MR) is 92.8 cm³/mol. The van der Waals surface area contributed by atoms with Crippen LogP contribution in [0.3, 0.4) is 0 Å². The summed E-state index contributed by atoms with van der Waals surface area (Å²) >= 11 is 0. The molecular weight excluding hydrogens is 392 g/mol. The number of ether oxygens (including phenoxy) is 6. The molecule has 5 unspecified atom stereocenters. The minimum Gasteiger partial charge on any atom is -0.471 e. The Morgan fingerprint density at radius 1 is 1.14 bits per heavy atom. The summed E-state index contributed by atoms with van der Waals surface area (Å²) in [6.45, 7) is 1.19. The second-order valence-corrected chi connectivity index (χ2v) is 7.33. The van der Waals surface area contributed by atoms with Gasteiger partial charge in [-0.2, -0.15) is 0 Å². The summed E-state index contributed by atoms with van der Waals surface area (Å²) in [5.74, 6) is -1.40. The lowest BCUT2D eigenvalue weighted by molar-refractivity contribution is -0.352. The summed E-state index contributed by atoms with van der Waals surface area (Å²) in [5, 5.41) is 39.5. The van der Waals surface area contributed by atoms with Crippen molar-refractivity contribution in [1.29, 1.82) is 0 Å². The highest BCUT2D eigenvalue weighted by molar-refractivity contribution is 5.88. The molecule has 2 saturated heterocycles. The number of hydrogen-bond acceptors (Lipinski definition) is 11. The van der Waals surface area contributed by atoms with E-state index in [0.717, 1.165) is 0 Å². The summed E-state index contributed by atoms with van der Waals surface area (Å²) in [6.07, 6.45) is -7.54. The standard InChI is InChI=1S/C18H28O11/c1-7-12-8(4-11(24-2)27-7)9(16(23)25-3)6-26-17(12)29-18-15(22)14(21)13(20)10(5-19)28-18/h6-8,10-15,17-22H,4-5H2,1-3H3/t7?,8?,10-,11?,12?,13-,14+,15-,17?,18+/m1/s1. The van der Waals surface area contributed by atoms with E-state index in [4.69, 9.17) is 28.4 Å². The second kappa shape index (κ2) is 9.23. The van der Waals surface area contributed by atoms with Crippen LogP contribution in [0.15, 0.2) is 11.8 Å². The minimum atomic E-state index is -1.58. The number of rotatable bonds is 5. The number of methoxy groups -OCH3 is 2. The van der Waals surface area contributed by atoms with Crippen molar-refractivity contribution in [2.45, 2.75) is 62.7 Å². The Morgan fingerprint density at radius 3 is 2.48 bits per heavy atom. The van der Waals surface area contributed by atoms with E-state index in [2.05, 4.69) is 0 Å². The van der Waals surface area contributed by atoms with Gasteiger partial charge in [-0.25, -0.2) is 4.79 Å². The average molecular weight is 420 g/mol. The molecule has 0 saturated carbocycles. The van der Waals surface area contributed by atoms with E-state index in [1.165, 1.54) is 20.5 Å². The van der Waals surface area contributed by atoms with Crippen LogP contribution in [0.2, 0.25) is 0 Å². The molecule has 0 radical (unpaired) electrons. The Bertz CT molecular complexity index is 609. The maximum absolute atomic E-state index is 12.2. The molecule has 11 nitrogen and oxygen atoms in total. The van der Waals surface area contributed by atoms with Crippen molar-refractivity contribution >= 4 is 5.97 Å². The number of aliphatic hydroxyl groups excluding tert-OH is 4. The van der Waals surface area contributed by atoms with Gasteiger partial charge in [0.1, 0.15) is 24.4 Å². The number of fused-ring (bicyclic) bond motifs is 1. The van der Waals surface area contributed by atoms with Crippen molar-refractivity contribution in [3.63, 3.8) is 0 Å². The third kappa shape index (κ3) is 4.28. The van der Waals surface area contributed by atoms with Gasteiger partial charge in [-0.1, -0.05) is 0 Å². The van der Waals surface area contributed by atoms with E-state index in [0.29, 0.717) is 12.0 Å². The number of esters is 1. The fourth-order valence-corrected chi connectivity index (χ4v) is 4.04. The Hall–Kier alpha value is -1.31. The first-order valence-corrected chi connectivity index (χ1v) is 9.40. The molecule has 3 heterocycles. The Morgan fingerprint density at radius 2 is 1.86 bits per heavy atom. The van der Waals surface area contributed by atoms with E-state index in [1.54, 1.807) is 6.92 Å². The molecule has 11 heteroatoms. The topological polar surface area (TPSA) is 153 Å². The zero-order valence-electron chi connectivity index (χ0n) is 16.4. The minimum absolute atomic E-state index is 0.309. The highest BCUT2D eigenvalue weighted by Gasteiger charge is 2.51. The van der Waals surface area contributed by atoms with Gasteiger partial charge in [0, 0.05) is 19.4 Å². The molecule has 0 aliphatic carbocycles. The molecule has 0 spiro atoms. The third-order valence-corrected chi connectivity index (χ3v) is 5.66. The normalized spacial score (nSPS) is 45.0. The molecule has 0 bridgehead atoms. The molecule has 0 amide bonds. The maximum Gasteiger partial charge on any atom is 0.337 e. The monoisotopic (exact) mass is 420 g/mol. The van der Waals surface area contributed by atoms with Crippen LogP contribution in [0.5, 0.6) is 0 Å². The first-order chi connectivity index (χ1) is 13.8.